The van der Waals surface area contributed by atoms with Crippen LogP contribution in [0.2, 0.25) is 5.02 Å². The van der Waals surface area contributed by atoms with Crippen LogP contribution in [0, 0.1) is 0 Å². The Bertz CT molecular complexity index is 1040. The summed E-state index contributed by atoms with van der Waals surface area (Å²) >= 11 is 6.44. The third-order valence-corrected chi connectivity index (χ3v) is 5.77. The minimum atomic E-state index is -1.12. The van der Waals surface area contributed by atoms with Crippen molar-refractivity contribution in [1.82, 2.24) is 10.2 Å². The van der Waals surface area contributed by atoms with Gasteiger partial charge in [-0.2, -0.15) is 0 Å². The zero-order chi connectivity index (χ0) is 24.1. The lowest BCUT2D eigenvalue weighted by molar-refractivity contribution is -0.138. The molecule has 0 unspecified atom stereocenters. The van der Waals surface area contributed by atoms with Crippen LogP contribution < -0.4 is 15.0 Å². The first-order valence-electron chi connectivity index (χ1n) is 10.8. The van der Waals surface area contributed by atoms with E-state index >= 15 is 0 Å². The van der Waals surface area contributed by atoms with Crippen LogP contribution in [0.4, 0.5) is 10.5 Å². The van der Waals surface area contributed by atoms with Gasteiger partial charge in [0.05, 0.1) is 17.2 Å². The molecule has 1 aliphatic heterocycles. The number of carboxylic acids is 1. The highest BCUT2D eigenvalue weighted by atomic mass is 35.5. The highest BCUT2D eigenvalue weighted by molar-refractivity contribution is 6.34. The maximum absolute atomic E-state index is 13.6. The smallest absolute Gasteiger partial charge is 0.325 e. The summed E-state index contributed by atoms with van der Waals surface area (Å²) in [5.74, 6) is -0.815. The van der Waals surface area contributed by atoms with Crippen molar-refractivity contribution in [2.24, 2.45) is 0 Å². The Morgan fingerprint density at radius 3 is 2.64 bits per heavy atom. The third kappa shape index (κ3) is 5.57. The van der Waals surface area contributed by atoms with Crippen molar-refractivity contribution in [2.75, 3.05) is 18.1 Å². The Hall–Kier alpha value is -3.26. The molecule has 0 saturated carbocycles. The molecule has 1 aliphatic rings. The van der Waals surface area contributed by atoms with Crippen LogP contribution in [-0.4, -0.2) is 53.1 Å². The molecule has 0 fully saturated rings. The number of ether oxygens (including phenoxy) is 1. The number of anilines is 1. The van der Waals surface area contributed by atoms with E-state index in [0.29, 0.717) is 23.6 Å². The van der Waals surface area contributed by atoms with Gasteiger partial charge in [-0.25, -0.2) is 4.79 Å². The quantitative estimate of drug-likeness (QED) is 0.656. The van der Waals surface area contributed by atoms with E-state index in [9.17, 15) is 14.4 Å². The molecule has 0 saturated heterocycles. The van der Waals surface area contributed by atoms with Crippen molar-refractivity contribution >= 4 is 35.2 Å². The van der Waals surface area contributed by atoms with Crippen LogP contribution in [0.5, 0.6) is 5.75 Å². The SMILES string of the molecule is CCCOc1ccc(C(=O)N2C[C@@H](C)N(C(=O)N[C@@H](C)C(=O)O)Cc3ccccc32)c(Cl)c1. The Balaban J connectivity index is 1.90. The van der Waals surface area contributed by atoms with E-state index in [4.69, 9.17) is 21.4 Å². The molecule has 0 bridgehead atoms. The van der Waals surface area contributed by atoms with Crippen LogP contribution in [0.1, 0.15) is 43.1 Å². The first-order chi connectivity index (χ1) is 15.7. The maximum Gasteiger partial charge on any atom is 0.325 e. The van der Waals surface area contributed by atoms with Crippen molar-refractivity contribution in [3.63, 3.8) is 0 Å². The number of rotatable bonds is 6. The zero-order valence-electron chi connectivity index (χ0n) is 18.9. The number of carbonyl (C=O) groups excluding carboxylic acids is 2. The molecule has 8 nitrogen and oxygen atoms in total. The molecule has 0 spiro atoms. The molecule has 3 amide bonds. The molecule has 2 atom stereocenters. The Kier molecular flexibility index (Phi) is 7.81. The number of hydrogen-bond acceptors (Lipinski definition) is 4. The number of carbonyl (C=O) groups is 3. The first-order valence-corrected chi connectivity index (χ1v) is 11.2. The number of para-hydroxylation sites is 1. The molecule has 2 N–H and O–H groups in total. The summed E-state index contributed by atoms with van der Waals surface area (Å²) in [7, 11) is 0. The second kappa shape index (κ2) is 10.6. The molecule has 0 aliphatic carbocycles. The molecular weight excluding hydrogens is 446 g/mol. The van der Waals surface area contributed by atoms with Crippen molar-refractivity contribution in [2.45, 2.75) is 45.8 Å². The van der Waals surface area contributed by atoms with Crippen molar-refractivity contribution in [3.05, 3.63) is 58.6 Å². The number of halogens is 1. The van der Waals surface area contributed by atoms with E-state index < -0.39 is 18.0 Å². The Morgan fingerprint density at radius 1 is 1.24 bits per heavy atom. The molecule has 1 heterocycles. The number of nitrogens with zero attached hydrogens (tertiary/aromatic N) is 2. The van der Waals surface area contributed by atoms with Gasteiger partial charge in [-0.05, 0) is 50.1 Å². The number of benzene rings is 2. The van der Waals surface area contributed by atoms with E-state index in [1.54, 1.807) is 23.1 Å². The number of aliphatic carboxylic acids is 1. The third-order valence-electron chi connectivity index (χ3n) is 5.46. The van der Waals surface area contributed by atoms with Crippen LogP contribution in [0.25, 0.3) is 0 Å². The van der Waals surface area contributed by atoms with E-state index in [1.807, 2.05) is 38.1 Å². The van der Waals surface area contributed by atoms with Gasteiger partial charge in [-0.1, -0.05) is 36.7 Å². The van der Waals surface area contributed by atoms with Gasteiger partial charge in [-0.3, -0.25) is 9.59 Å². The summed E-state index contributed by atoms with van der Waals surface area (Å²) in [6, 6.07) is 10.4. The monoisotopic (exact) mass is 473 g/mol. The molecule has 2 aromatic carbocycles. The van der Waals surface area contributed by atoms with E-state index in [-0.39, 0.29) is 30.1 Å². The molecule has 0 radical (unpaired) electrons. The second-order valence-corrected chi connectivity index (χ2v) is 8.43. The maximum atomic E-state index is 13.6. The minimum absolute atomic E-state index is 0.217. The number of nitrogens with one attached hydrogen (secondary N) is 1. The summed E-state index contributed by atoms with van der Waals surface area (Å²) < 4.78 is 5.60. The fraction of sp³-hybridized carbons (Fsp3) is 0.375. The van der Waals surface area contributed by atoms with Crippen molar-refractivity contribution in [1.29, 1.82) is 0 Å². The summed E-state index contributed by atoms with van der Waals surface area (Å²) in [6.45, 7) is 6.23. The number of carboxylic acid groups (broad SMARTS) is 1. The van der Waals surface area contributed by atoms with Crippen LogP contribution in [0.15, 0.2) is 42.5 Å². The van der Waals surface area contributed by atoms with Gasteiger partial charge >= 0.3 is 12.0 Å². The van der Waals surface area contributed by atoms with Gasteiger partial charge in [0.1, 0.15) is 11.8 Å². The average molecular weight is 474 g/mol. The Morgan fingerprint density at radius 2 is 1.97 bits per heavy atom. The van der Waals surface area contributed by atoms with Crippen LogP contribution in [0.3, 0.4) is 0 Å². The fourth-order valence-electron chi connectivity index (χ4n) is 3.63. The summed E-state index contributed by atoms with van der Waals surface area (Å²) in [6.07, 6.45) is 0.857. The molecule has 3 rings (SSSR count). The topological polar surface area (TPSA) is 99.2 Å². The van der Waals surface area contributed by atoms with Gasteiger partial charge < -0.3 is 25.0 Å². The first kappa shape index (κ1) is 24.4. The van der Waals surface area contributed by atoms with E-state index in [2.05, 4.69) is 5.32 Å². The van der Waals surface area contributed by atoms with E-state index in [1.165, 1.54) is 11.8 Å². The molecule has 33 heavy (non-hydrogen) atoms. The van der Waals surface area contributed by atoms with Crippen molar-refractivity contribution in [3.8, 4) is 5.75 Å². The van der Waals surface area contributed by atoms with E-state index in [0.717, 1.165) is 12.0 Å². The van der Waals surface area contributed by atoms with Gasteiger partial charge in [-0.15, -0.1) is 0 Å². The summed E-state index contributed by atoms with van der Waals surface area (Å²) in [4.78, 5) is 40.7. The Labute approximate surface area is 198 Å². The normalized spacial score (nSPS) is 16.4. The van der Waals surface area contributed by atoms with Gasteiger partial charge in [0, 0.05) is 24.8 Å². The molecule has 2 aromatic rings. The largest absolute Gasteiger partial charge is 0.494 e. The molecular formula is C24H28ClN3O5. The lowest BCUT2D eigenvalue weighted by Crippen LogP contribution is -2.51. The lowest BCUT2D eigenvalue weighted by Gasteiger charge is -2.30. The highest BCUT2D eigenvalue weighted by Crippen LogP contribution is 2.31. The van der Waals surface area contributed by atoms with Gasteiger partial charge in [0.25, 0.3) is 5.91 Å². The zero-order valence-corrected chi connectivity index (χ0v) is 19.6. The van der Waals surface area contributed by atoms with Crippen molar-refractivity contribution < 1.29 is 24.2 Å². The summed E-state index contributed by atoms with van der Waals surface area (Å²) in [5.41, 5.74) is 1.78. The average Bonchev–Trinajstić information content (AvgIpc) is 2.93. The van der Waals surface area contributed by atoms with Crippen LogP contribution >= 0.6 is 11.6 Å². The van der Waals surface area contributed by atoms with Gasteiger partial charge in [0.15, 0.2) is 0 Å². The predicted molar refractivity (Wildman–Crippen MR) is 126 cm³/mol. The minimum Gasteiger partial charge on any atom is -0.494 e. The molecule has 176 valence electrons. The number of hydrogen-bond donors (Lipinski definition) is 2. The molecule has 0 aromatic heterocycles. The second-order valence-electron chi connectivity index (χ2n) is 8.02. The number of fused-ring (bicyclic) bond motifs is 1. The van der Waals surface area contributed by atoms with Crippen LogP contribution in [-0.2, 0) is 11.3 Å². The number of urea groups is 1. The highest BCUT2D eigenvalue weighted by Gasteiger charge is 2.33. The molecule has 9 heteroatoms. The number of amides is 3. The fourth-order valence-corrected chi connectivity index (χ4v) is 3.88. The summed E-state index contributed by atoms with van der Waals surface area (Å²) in [5, 5.41) is 11.9. The predicted octanol–water partition coefficient (Wildman–Crippen LogP) is 4.16. The van der Waals surface area contributed by atoms with Gasteiger partial charge in [0.2, 0.25) is 0 Å². The standard InChI is InChI=1S/C24H28ClN3O5/c1-4-11-33-18-9-10-19(20(25)12-18)22(29)28-13-15(2)27(24(32)26-16(3)23(30)31)14-17-7-5-6-8-21(17)28/h5-10,12,15-16H,4,11,13-14H2,1-3H3,(H,26,32)(H,30,31)/t15-,16+/m1/s1. The lowest BCUT2D eigenvalue weighted by atomic mass is 10.1.